The van der Waals surface area contributed by atoms with Crippen LogP contribution in [0.1, 0.15) is 39.3 Å². The van der Waals surface area contributed by atoms with Crippen LogP contribution in [-0.2, 0) is 11.0 Å². The van der Waals surface area contributed by atoms with Crippen LogP contribution in [0.5, 0.6) is 0 Å². The van der Waals surface area contributed by atoms with Crippen LogP contribution in [0.25, 0.3) is 11.5 Å². The molecular formula is C18H22F3N5O3. The number of nitrogens with one attached hydrogen (secondary N) is 2. The third-order valence-electron chi connectivity index (χ3n) is 5.01. The van der Waals surface area contributed by atoms with Crippen LogP contribution in [0.3, 0.4) is 0 Å². The Morgan fingerprint density at radius 3 is 2.52 bits per heavy atom. The van der Waals surface area contributed by atoms with E-state index in [0.717, 1.165) is 25.0 Å². The molecule has 158 valence electrons. The van der Waals surface area contributed by atoms with E-state index in [9.17, 15) is 22.8 Å². The summed E-state index contributed by atoms with van der Waals surface area (Å²) in [6.07, 6.45) is -2.85. The zero-order valence-electron chi connectivity index (χ0n) is 16.3. The van der Waals surface area contributed by atoms with Crippen LogP contribution < -0.4 is 10.9 Å². The SMILES string of the molecule is CC(Nc1nnc(-c2ccc(C(F)(F)F)[nH]c2=O)o1)C(=O)N1CCC(C)(C)CC1. The number of piperidine rings is 1. The summed E-state index contributed by atoms with van der Waals surface area (Å²) in [7, 11) is 0. The molecule has 3 rings (SSSR count). The maximum absolute atomic E-state index is 12.7. The summed E-state index contributed by atoms with van der Waals surface area (Å²) in [5.74, 6) is -0.366. The summed E-state index contributed by atoms with van der Waals surface area (Å²) in [5, 5.41) is 10.2. The van der Waals surface area contributed by atoms with Gasteiger partial charge in [-0.1, -0.05) is 18.9 Å². The van der Waals surface area contributed by atoms with Crippen LogP contribution in [0.2, 0.25) is 0 Å². The molecule has 3 heterocycles. The molecule has 1 amide bonds. The lowest BCUT2D eigenvalue weighted by molar-refractivity contribution is -0.141. The molecule has 1 atom stereocenters. The first kappa shape index (κ1) is 20.9. The molecule has 29 heavy (non-hydrogen) atoms. The maximum atomic E-state index is 12.7. The summed E-state index contributed by atoms with van der Waals surface area (Å²) in [4.78, 5) is 28.0. The van der Waals surface area contributed by atoms with Crippen molar-refractivity contribution in [3.05, 3.63) is 28.2 Å². The molecule has 1 saturated heterocycles. The molecule has 0 aromatic carbocycles. The quantitative estimate of drug-likeness (QED) is 0.799. The highest BCUT2D eigenvalue weighted by Crippen LogP contribution is 2.30. The van der Waals surface area contributed by atoms with E-state index in [-0.39, 0.29) is 28.8 Å². The predicted molar refractivity (Wildman–Crippen MR) is 98.0 cm³/mol. The molecule has 0 aliphatic carbocycles. The Labute approximate surface area is 164 Å². The molecule has 1 fully saturated rings. The van der Waals surface area contributed by atoms with E-state index in [1.54, 1.807) is 16.8 Å². The summed E-state index contributed by atoms with van der Waals surface area (Å²) in [5.41, 5.74) is -2.16. The summed E-state index contributed by atoms with van der Waals surface area (Å²) < 4.78 is 43.3. The second-order valence-corrected chi connectivity index (χ2v) is 7.88. The normalized spacial score (nSPS) is 17.8. The van der Waals surface area contributed by atoms with Crippen molar-refractivity contribution in [2.75, 3.05) is 18.4 Å². The average molecular weight is 413 g/mol. The van der Waals surface area contributed by atoms with Gasteiger partial charge in [0.05, 0.1) is 0 Å². The highest BCUT2D eigenvalue weighted by Gasteiger charge is 2.33. The number of rotatable bonds is 4. The average Bonchev–Trinajstić information content (AvgIpc) is 3.08. The topological polar surface area (TPSA) is 104 Å². The van der Waals surface area contributed by atoms with Gasteiger partial charge in [-0.05, 0) is 37.3 Å². The number of amides is 1. The van der Waals surface area contributed by atoms with Crippen molar-refractivity contribution in [2.45, 2.75) is 45.8 Å². The van der Waals surface area contributed by atoms with Crippen molar-refractivity contribution in [1.29, 1.82) is 0 Å². The Hall–Kier alpha value is -2.85. The summed E-state index contributed by atoms with van der Waals surface area (Å²) >= 11 is 0. The largest absolute Gasteiger partial charge is 0.431 e. The van der Waals surface area contributed by atoms with Gasteiger partial charge in [0.25, 0.3) is 11.4 Å². The van der Waals surface area contributed by atoms with E-state index in [4.69, 9.17) is 4.42 Å². The predicted octanol–water partition coefficient (Wildman–Crippen LogP) is 2.89. The van der Waals surface area contributed by atoms with Crippen LogP contribution in [-0.4, -0.2) is 45.1 Å². The standard InChI is InChI=1S/C18H22F3N5O3/c1-10(15(28)26-8-6-17(2,3)7-9-26)22-16-25-24-14(29-16)11-4-5-12(18(19,20)21)23-13(11)27/h4-5,10H,6-9H2,1-3H3,(H,22,25)(H,23,27). The number of carbonyl (C=O) groups excluding carboxylic acids is 1. The van der Waals surface area contributed by atoms with Gasteiger partial charge >= 0.3 is 12.2 Å². The molecule has 0 saturated carbocycles. The zero-order chi connectivity index (χ0) is 21.4. The number of hydrogen-bond acceptors (Lipinski definition) is 6. The minimum atomic E-state index is -4.67. The van der Waals surface area contributed by atoms with Gasteiger partial charge in [-0.3, -0.25) is 9.59 Å². The fourth-order valence-corrected chi connectivity index (χ4v) is 3.05. The van der Waals surface area contributed by atoms with Crippen LogP contribution in [0.4, 0.5) is 19.2 Å². The number of anilines is 1. The molecule has 0 radical (unpaired) electrons. The summed E-state index contributed by atoms with van der Waals surface area (Å²) in [6.45, 7) is 7.30. The maximum Gasteiger partial charge on any atom is 0.431 e. The van der Waals surface area contributed by atoms with E-state index in [1.165, 1.54) is 0 Å². The van der Waals surface area contributed by atoms with Crippen LogP contribution >= 0.6 is 0 Å². The molecule has 2 aromatic heterocycles. The van der Waals surface area contributed by atoms with E-state index in [2.05, 4.69) is 29.4 Å². The van der Waals surface area contributed by atoms with Gasteiger partial charge < -0.3 is 19.6 Å². The van der Waals surface area contributed by atoms with E-state index in [0.29, 0.717) is 13.1 Å². The second kappa shape index (κ2) is 7.53. The fourth-order valence-electron chi connectivity index (χ4n) is 3.05. The lowest BCUT2D eigenvalue weighted by Crippen LogP contribution is -2.46. The van der Waals surface area contributed by atoms with Gasteiger partial charge in [0.2, 0.25) is 5.91 Å². The van der Waals surface area contributed by atoms with E-state index in [1.807, 2.05) is 0 Å². The van der Waals surface area contributed by atoms with Crippen molar-refractivity contribution in [3.63, 3.8) is 0 Å². The number of aromatic nitrogens is 3. The number of pyridine rings is 1. The number of halogens is 3. The molecule has 11 heteroatoms. The highest BCUT2D eigenvalue weighted by atomic mass is 19.4. The summed E-state index contributed by atoms with van der Waals surface area (Å²) in [6, 6.07) is 0.939. The highest BCUT2D eigenvalue weighted by molar-refractivity contribution is 5.83. The number of alkyl halides is 3. The number of nitrogens with zero attached hydrogens (tertiary/aromatic N) is 3. The van der Waals surface area contributed by atoms with Crippen LogP contribution in [0.15, 0.2) is 21.3 Å². The van der Waals surface area contributed by atoms with Crippen molar-refractivity contribution in [2.24, 2.45) is 5.41 Å². The number of aromatic amines is 1. The van der Waals surface area contributed by atoms with Gasteiger partial charge in [0, 0.05) is 13.1 Å². The van der Waals surface area contributed by atoms with Crippen LogP contribution in [0, 0.1) is 5.41 Å². The molecule has 0 spiro atoms. The number of H-pyrrole nitrogens is 1. The molecule has 1 aliphatic heterocycles. The Morgan fingerprint density at radius 1 is 1.28 bits per heavy atom. The molecular weight excluding hydrogens is 391 g/mol. The fraction of sp³-hybridized carbons (Fsp3) is 0.556. The number of hydrogen-bond donors (Lipinski definition) is 2. The molecule has 1 unspecified atom stereocenters. The Kier molecular flexibility index (Phi) is 5.42. The van der Waals surface area contributed by atoms with Crippen molar-refractivity contribution in [1.82, 2.24) is 20.1 Å². The minimum absolute atomic E-state index is 0.0995. The monoisotopic (exact) mass is 413 g/mol. The minimum Gasteiger partial charge on any atom is -0.403 e. The van der Waals surface area contributed by atoms with E-state index >= 15 is 0 Å². The lowest BCUT2D eigenvalue weighted by atomic mass is 9.82. The first-order valence-corrected chi connectivity index (χ1v) is 9.16. The van der Waals surface area contributed by atoms with E-state index < -0.39 is 23.5 Å². The van der Waals surface area contributed by atoms with Gasteiger partial charge in [0.15, 0.2) is 0 Å². The van der Waals surface area contributed by atoms with Gasteiger partial charge in [-0.2, -0.15) is 13.2 Å². The lowest BCUT2D eigenvalue weighted by Gasteiger charge is -2.37. The Bertz CT molecular complexity index is 941. The molecule has 2 aromatic rings. The Balaban J connectivity index is 1.67. The molecule has 8 nitrogen and oxygen atoms in total. The Morgan fingerprint density at radius 2 is 1.93 bits per heavy atom. The van der Waals surface area contributed by atoms with Crippen molar-refractivity contribution >= 4 is 11.9 Å². The zero-order valence-corrected chi connectivity index (χ0v) is 16.3. The third-order valence-corrected chi connectivity index (χ3v) is 5.01. The first-order valence-electron chi connectivity index (χ1n) is 9.16. The smallest absolute Gasteiger partial charge is 0.403 e. The molecule has 1 aliphatic rings. The third kappa shape index (κ3) is 4.77. The van der Waals surface area contributed by atoms with Gasteiger partial charge in [-0.15, -0.1) is 5.10 Å². The van der Waals surface area contributed by atoms with Crippen molar-refractivity contribution < 1.29 is 22.4 Å². The van der Waals surface area contributed by atoms with Crippen molar-refractivity contribution in [3.8, 4) is 11.5 Å². The number of carbonyl (C=O) groups is 1. The molecule has 0 bridgehead atoms. The first-order chi connectivity index (χ1) is 13.5. The molecule has 2 N–H and O–H groups in total. The van der Waals surface area contributed by atoms with Gasteiger partial charge in [0.1, 0.15) is 17.3 Å². The second-order valence-electron chi connectivity index (χ2n) is 7.88. The van der Waals surface area contributed by atoms with Gasteiger partial charge in [-0.25, -0.2) is 0 Å². The number of likely N-dealkylation sites (tertiary alicyclic amines) is 1.